The molecule has 88 valence electrons. The Balaban J connectivity index is 2.99. The van der Waals surface area contributed by atoms with Crippen molar-refractivity contribution in [1.82, 2.24) is 0 Å². The Morgan fingerprint density at radius 1 is 0.733 bits per heavy atom. The van der Waals surface area contributed by atoms with Crippen molar-refractivity contribution in [1.29, 1.82) is 0 Å². The summed E-state index contributed by atoms with van der Waals surface area (Å²) in [6, 6.07) is 0. The van der Waals surface area contributed by atoms with E-state index in [9.17, 15) is 0 Å². The van der Waals surface area contributed by atoms with E-state index in [-0.39, 0.29) is 24.7 Å². The molecular formula is C10H18O5. The number of ether oxygens (including phenoxy) is 3. The molecule has 0 amide bonds. The molecule has 0 unspecified atom stereocenters. The summed E-state index contributed by atoms with van der Waals surface area (Å²) in [6.45, 7) is 8.44. The molecule has 15 heavy (non-hydrogen) atoms. The van der Waals surface area contributed by atoms with Crippen LogP contribution in [0.3, 0.4) is 0 Å². The van der Waals surface area contributed by atoms with Gasteiger partial charge in [0, 0.05) is 0 Å². The van der Waals surface area contributed by atoms with Crippen LogP contribution in [0.5, 0.6) is 0 Å². The van der Waals surface area contributed by atoms with Crippen molar-refractivity contribution in [2.24, 2.45) is 0 Å². The van der Waals surface area contributed by atoms with Gasteiger partial charge in [0.1, 0.15) is 24.7 Å². The lowest BCUT2D eigenvalue weighted by Gasteiger charge is -2.05. The molecule has 0 bridgehead atoms. The molecule has 0 atom stereocenters. The van der Waals surface area contributed by atoms with Crippen molar-refractivity contribution >= 4 is 0 Å². The Labute approximate surface area is 89.6 Å². The van der Waals surface area contributed by atoms with Gasteiger partial charge < -0.3 is 24.4 Å². The Kier molecular flexibility index (Phi) is 8.85. The summed E-state index contributed by atoms with van der Waals surface area (Å²) in [5.41, 5.74) is 0. The quantitative estimate of drug-likeness (QED) is 0.425. The first kappa shape index (κ1) is 14.0. The maximum absolute atomic E-state index is 8.66. The number of hydrogen-bond acceptors (Lipinski definition) is 5. The minimum Gasteiger partial charge on any atom is -0.510 e. The van der Waals surface area contributed by atoms with E-state index in [2.05, 4.69) is 13.2 Å². The molecule has 0 aromatic carbocycles. The first-order valence-electron chi connectivity index (χ1n) is 4.59. The maximum atomic E-state index is 8.66. The van der Waals surface area contributed by atoms with Crippen LogP contribution in [-0.2, 0) is 14.2 Å². The zero-order valence-electron chi connectivity index (χ0n) is 8.78. The largest absolute Gasteiger partial charge is 0.510 e. The summed E-state index contributed by atoms with van der Waals surface area (Å²) in [6.07, 6.45) is 0. The fourth-order valence-electron chi connectivity index (χ4n) is 0.718. The van der Waals surface area contributed by atoms with Crippen LogP contribution in [0.1, 0.15) is 0 Å². The third-order valence-corrected chi connectivity index (χ3v) is 1.28. The highest BCUT2D eigenvalue weighted by Gasteiger charge is 1.93. The summed E-state index contributed by atoms with van der Waals surface area (Å²) >= 11 is 0. The second-order valence-corrected chi connectivity index (χ2v) is 2.85. The molecule has 0 spiro atoms. The minimum atomic E-state index is -0.000193. The first-order valence-corrected chi connectivity index (χ1v) is 4.59. The normalized spacial score (nSPS) is 10.1. The third-order valence-electron chi connectivity index (χ3n) is 1.28. The fourth-order valence-corrected chi connectivity index (χ4v) is 0.718. The topological polar surface area (TPSA) is 68.2 Å². The second kappa shape index (κ2) is 9.51. The molecule has 0 aliphatic rings. The standard InChI is InChI=1S/C10H18O5/c1-9(11)7-14-5-3-13-4-6-15-8-10(2)12/h11-12H,1-8H2. The Morgan fingerprint density at radius 2 is 1.07 bits per heavy atom. The lowest BCUT2D eigenvalue weighted by Crippen LogP contribution is -2.10. The van der Waals surface area contributed by atoms with Crippen molar-refractivity contribution in [3.63, 3.8) is 0 Å². The zero-order valence-corrected chi connectivity index (χ0v) is 8.78. The van der Waals surface area contributed by atoms with Gasteiger partial charge in [0.25, 0.3) is 0 Å². The average molecular weight is 218 g/mol. The van der Waals surface area contributed by atoms with E-state index >= 15 is 0 Å². The van der Waals surface area contributed by atoms with E-state index < -0.39 is 0 Å². The van der Waals surface area contributed by atoms with Crippen LogP contribution in [0.25, 0.3) is 0 Å². The molecule has 0 radical (unpaired) electrons. The first-order chi connectivity index (χ1) is 7.13. The molecule has 0 aliphatic heterocycles. The van der Waals surface area contributed by atoms with Crippen molar-refractivity contribution in [2.45, 2.75) is 0 Å². The van der Waals surface area contributed by atoms with Gasteiger partial charge in [-0.3, -0.25) is 0 Å². The zero-order chi connectivity index (χ0) is 11.5. The predicted octanol–water partition coefficient (Wildman–Crippen LogP) is 1.18. The fraction of sp³-hybridized carbons (Fsp3) is 0.600. The Bertz CT molecular complexity index is 170. The summed E-state index contributed by atoms with van der Waals surface area (Å²) in [7, 11) is 0. The van der Waals surface area contributed by atoms with Crippen molar-refractivity contribution < 1.29 is 24.4 Å². The van der Waals surface area contributed by atoms with Crippen molar-refractivity contribution in [3.8, 4) is 0 Å². The number of aliphatic hydroxyl groups is 2. The summed E-state index contributed by atoms with van der Waals surface area (Å²) < 4.78 is 15.1. The molecule has 5 nitrogen and oxygen atoms in total. The van der Waals surface area contributed by atoms with E-state index in [1.54, 1.807) is 0 Å². The molecule has 0 fully saturated rings. The smallest absolute Gasteiger partial charge is 0.111 e. The van der Waals surface area contributed by atoms with E-state index in [4.69, 9.17) is 24.4 Å². The summed E-state index contributed by atoms with van der Waals surface area (Å²) in [5, 5.41) is 17.3. The van der Waals surface area contributed by atoms with Crippen LogP contribution in [0.4, 0.5) is 0 Å². The molecule has 0 saturated carbocycles. The van der Waals surface area contributed by atoms with Gasteiger partial charge in [0.2, 0.25) is 0 Å². The van der Waals surface area contributed by atoms with Crippen LogP contribution in [0.15, 0.2) is 24.7 Å². The second-order valence-electron chi connectivity index (χ2n) is 2.85. The van der Waals surface area contributed by atoms with Gasteiger partial charge in [-0.2, -0.15) is 0 Å². The third kappa shape index (κ3) is 13.0. The number of aliphatic hydroxyl groups excluding tert-OH is 2. The van der Waals surface area contributed by atoms with Gasteiger partial charge in [-0.25, -0.2) is 0 Å². The van der Waals surface area contributed by atoms with E-state index in [0.717, 1.165) is 0 Å². The van der Waals surface area contributed by atoms with Gasteiger partial charge in [0.05, 0.1) is 26.4 Å². The number of rotatable bonds is 10. The minimum absolute atomic E-state index is 0.000193. The highest BCUT2D eigenvalue weighted by Crippen LogP contribution is 1.87. The highest BCUT2D eigenvalue weighted by atomic mass is 16.5. The van der Waals surface area contributed by atoms with Crippen LogP contribution in [-0.4, -0.2) is 49.9 Å². The summed E-state index contributed by atoms with van der Waals surface area (Å²) in [5.74, 6) is -0.000386. The van der Waals surface area contributed by atoms with Gasteiger partial charge in [0.15, 0.2) is 0 Å². The molecule has 2 N–H and O–H groups in total. The van der Waals surface area contributed by atoms with Crippen LogP contribution in [0, 0.1) is 0 Å². The lowest BCUT2D eigenvalue weighted by molar-refractivity contribution is 0.0153. The van der Waals surface area contributed by atoms with Gasteiger partial charge in [-0.1, -0.05) is 13.2 Å². The average Bonchev–Trinajstić information content (AvgIpc) is 2.14. The monoisotopic (exact) mass is 218 g/mol. The predicted molar refractivity (Wildman–Crippen MR) is 56.0 cm³/mol. The van der Waals surface area contributed by atoms with Crippen LogP contribution in [0.2, 0.25) is 0 Å². The molecule has 0 aromatic rings. The SMILES string of the molecule is C=C(O)COCCOCCOCC(=C)O. The summed E-state index contributed by atoms with van der Waals surface area (Å²) in [4.78, 5) is 0. The Hall–Kier alpha value is -1.04. The molecular weight excluding hydrogens is 200 g/mol. The molecule has 0 aliphatic carbocycles. The Morgan fingerprint density at radius 3 is 1.40 bits per heavy atom. The highest BCUT2D eigenvalue weighted by molar-refractivity contribution is 4.77. The van der Waals surface area contributed by atoms with Crippen LogP contribution >= 0.6 is 0 Å². The maximum Gasteiger partial charge on any atom is 0.111 e. The molecule has 0 rings (SSSR count). The van der Waals surface area contributed by atoms with Crippen molar-refractivity contribution in [3.05, 3.63) is 24.7 Å². The lowest BCUT2D eigenvalue weighted by atomic mass is 10.6. The van der Waals surface area contributed by atoms with Gasteiger partial charge >= 0.3 is 0 Å². The van der Waals surface area contributed by atoms with Crippen LogP contribution < -0.4 is 0 Å². The van der Waals surface area contributed by atoms with Gasteiger partial charge in [-0.15, -0.1) is 0 Å². The molecule has 5 heteroatoms. The van der Waals surface area contributed by atoms with E-state index in [1.165, 1.54) is 0 Å². The van der Waals surface area contributed by atoms with E-state index in [0.29, 0.717) is 26.4 Å². The molecule has 0 heterocycles. The van der Waals surface area contributed by atoms with Gasteiger partial charge in [-0.05, 0) is 0 Å². The van der Waals surface area contributed by atoms with Crippen molar-refractivity contribution in [2.75, 3.05) is 39.6 Å². The molecule has 0 saturated heterocycles. The van der Waals surface area contributed by atoms with E-state index in [1.807, 2.05) is 0 Å². The molecule has 0 aromatic heterocycles. The number of hydrogen-bond donors (Lipinski definition) is 2.